The summed E-state index contributed by atoms with van der Waals surface area (Å²) >= 11 is 2.06. The number of halogens is 1. The second-order valence-electron chi connectivity index (χ2n) is 8.00. The fourth-order valence-corrected chi connectivity index (χ4v) is 6.11. The van der Waals surface area contributed by atoms with E-state index in [2.05, 4.69) is 73.0 Å². The fourth-order valence-electron chi connectivity index (χ4n) is 4.85. The van der Waals surface area contributed by atoms with E-state index in [1.54, 1.807) is 6.07 Å². The zero-order valence-electron chi connectivity index (χ0n) is 17.0. The van der Waals surface area contributed by atoms with Gasteiger partial charge in [0.15, 0.2) is 0 Å². The minimum Gasteiger partial charge on any atom is -0.357 e. The van der Waals surface area contributed by atoms with Crippen LogP contribution in [0.3, 0.4) is 0 Å². The molecule has 0 spiro atoms. The van der Waals surface area contributed by atoms with Crippen LogP contribution in [-0.4, -0.2) is 29.7 Å². The highest BCUT2D eigenvalue weighted by Gasteiger charge is 2.35. The molecule has 2 atom stereocenters. The third-order valence-corrected chi connectivity index (χ3v) is 7.78. The molecular formula is C24H29FN2S. The lowest BCUT2D eigenvalue weighted by Crippen LogP contribution is -2.41. The van der Waals surface area contributed by atoms with Gasteiger partial charge in [-0.15, -0.1) is 0 Å². The monoisotopic (exact) mass is 396 g/mol. The van der Waals surface area contributed by atoms with Crippen LogP contribution in [0.5, 0.6) is 0 Å². The lowest BCUT2D eigenvalue weighted by molar-refractivity contribution is 0.128. The number of nitrogens with one attached hydrogen (secondary N) is 1. The van der Waals surface area contributed by atoms with Gasteiger partial charge in [0.2, 0.25) is 0 Å². The lowest BCUT2D eigenvalue weighted by atomic mass is 9.81. The Bertz CT molecular complexity index is 964. The number of aromatic amines is 1. The lowest BCUT2D eigenvalue weighted by Gasteiger charge is -2.41. The Balaban J connectivity index is 1.64. The van der Waals surface area contributed by atoms with Crippen LogP contribution in [0.25, 0.3) is 10.9 Å². The van der Waals surface area contributed by atoms with E-state index < -0.39 is 0 Å². The van der Waals surface area contributed by atoms with E-state index in [0.29, 0.717) is 5.25 Å². The fraction of sp³-hybridized carbons (Fsp3) is 0.417. The molecule has 0 saturated carbocycles. The number of thioether (sulfide) groups is 1. The maximum absolute atomic E-state index is 14.0. The number of benzene rings is 2. The number of rotatable bonds is 6. The molecule has 4 heteroatoms. The highest BCUT2D eigenvalue weighted by molar-refractivity contribution is 7.99. The second kappa shape index (κ2) is 7.92. The average Bonchev–Trinajstić information content (AvgIpc) is 3.08. The Labute approximate surface area is 171 Å². The van der Waals surface area contributed by atoms with Gasteiger partial charge in [0.1, 0.15) is 5.82 Å². The minimum absolute atomic E-state index is 0.147. The summed E-state index contributed by atoms with van der Waals surface area (Å²) in [4.78, 5) is 5.98. The van der Waals surface area contributed by atoms with E-state index in [0.717, 1.165) is 31.2 Å². The van der Waals surface area contributed by atoms with Crippen LogP contribution in [0.15, 0.2) is 48.5 Å². The first-order chi connectivity index (χ1) is 13.5. The number of aryl methyl sites for hydroxylation is 1. The van der Waals surface area contributed by atoms with E-state index in [-0.39, 0.29) is 11.4 Å². The number of para-hydroxylation sites is 1. The third-order valence-electron chi connectivity index (χ3n) is 6.46. The largest absolute Gasteiger partial charge is 0.357 e. The smallest absolute Gasteiger partial charge is 0.123 e. The molecule has 2 unspecified atom stereocenters. The summed E-state index contributed by atoms with van der Waals surface area (Å²) in [6.45, 7) is 2.22. The van der Waals surface area contributed by atoms with Crippen LogP contribution < -0.4 is 0 Å². The van der Waals surface area contributed by atoms with E-state index in [9.17, 15) is 4.39 Å². The molecule has 28 heavy (non-hydrogen) atoms. The van der Waals surface area contributed by atoms with Crippen molar-refractivity contribution < 1.29 is 4.39 Å². The van der Waals surface area contributed by atoms with Gasteiger partial charge in [0.25, 0.3) is 0 Å². The Hall–Kier alpha value is -1.78. The highest BCUT2D eigenvalue weighted by atomic mass is 32.2. The molecule has 4 rings (SSSR count). The summed E-state index contributed by atoms with van der Waals surface area (Å²) in [5, 5.41) is 1.85. The van der Waals surface area contributed by atoms with Crippen molar-refractivity contribution in [1.29, 1.82) is 0 Å². The van der Waals surface area contributed by atoms with Crippen molar-refractivity contribution in [3.63, 3.8) is 0 Å². The van der Waals surface area contributed by atoms with Crippen LogP contribution in [0, 0.1) is 5.82 Å². The number of H-pyrrole nitrogens is 1. The second-order valence-corrected chi connectivity index (χ2v) is 9.31. The standard InChI is InChI=1S/C24H29FN2S/c1-4-24(27(2)3,17-8-7-9-18(25)16-17)14-12-22-23-20(13-15-28-22)19-10-5-6-11-21(19)26-23/h5-11,16,22,26H,4,12-15H2,1-3H3. The number of nitrogens with zero attached hydrogens (tertiary/aromatic N) is 1. The van der Waals surface area contributed by atoms with Crippen molar-refractivity contribution in [1.82, 2.24) is 9.88 Å². The first-order valence-corrected chi connectivity index (χ1v) is 11.2. The maximum Gasteiger partial charge on any atom is 0.123 e. The van der Waals surface area contributed by atoms with Gasteiger partial charge in [-0.2, -0.15) is 11.8 Å². The van der Waals surface area contributed by atoms with Gasteiger partial charge in [0, 0.05) is 27.4 Å². The van der Waals surface area contributed by atoms with Gasteiger partial charge < -0.3 is 4.98 Å². The zero-order valence-corrected chi connectivity index (χ0v) is 17.8. The quantitative estimate of drug-likeness (QED) is 0.528. The SMILES string of the molecule is CCC(CCC1SCCc2c1[nH]c1ccccc21)(c1cccc(F)c1)N(C)C. The molecule has 0 radical (unpaired) electrons. The van der Waals surface area contributed by atoms with Gasteiger partial charge in [-0.05, 0) is 74.9 Å². The maximum atomic E-state index is 14.0. The minimum atomic E-state index is -0.151. The van der Waals surface area contributed by atoms with Crippen LogP contribution in [-0.2, 0) is 12.0 Å². The molecule has 0 saturated heterocycles. The Morgan fingerprint density at radius 3 is 2.75 bits per heavy atom. The normalized spacial score (nSPS) is 19.0. The van der Waals surface area contributed by atoms with Crippen LogP contribution in [0.1, 0.15) is 48.3 Å². The Morgan fingerprint density at radius 1 is 1.18 bits per heavy atom. The molecule has 0 aliphatic carbocycles. The summed E-state index contributed by atoms with van der Waals surface area (Å²) in [6.07, 6.45) is 4.18. The van der Waals surface area contributed by atoms with Crippen molar-refractivity contribution in [2.45, 2.75) is 43.4 Å². The first kappa shape index (κ1) is 19.5. The molecular weight excluding hydrogens is 367 g/mol. The molecule has 2 heterocycles. The van der Waals surface area contributed by atoms with E-state index in [1.807, 2.05) is 6.07 Å². The van der Waals surface area contributed by atoms with Gasteiger partial charge in [-0.25, -0.2) is 4.39 Å². The van der Waals surface area contributed by atoms with E-state index in [1.165, 1.54) is 34.0 Å². The number of hydrogen-bond donors (Lipinski definition) is 1. The van der Waals surface area contributed by atoms with Crippen molar-refractivity contribution in [2.75, 3.05) is 19.8 Å². The first-order valence-electron chi connectivity index (χ1n) is 10.2. The molecule has 148 valence electrons. The Kier molecular flexibility index (Phi) is 5.52. The van der Waals surface area contributed by atoms with Gasteiger partial charge in [-0.1, -0.05) is 37.3 Å². The summed E-state index contributed by atoms with van der Waals surface area (Å²) in [5.74, 6) is 1.02. The van der Waals surface area contributed by atoms with Crippen molar-refractivity contribution in [3.05, 3.63) is 71.2 Å². The molecule has 2 nitrogen and oxygen atoms in total. The average molecular weight is 397 g/mol. The van der Waals surface area contributed by atoms with Crippen LogP contribution in [0.4, 0.5) is 4.39 Å². The summed E-state index contributed by atoms with van der Waals surface area (Å²) in [7, 11) is 4.24. The molecule has 1 aromatic heterocycles. The molecule has 1 N–H and O–H groups in total. The van der Waals surface area contributed by atoms with E-state index >= 15 is 0 Å². The predicted molar refractivity (Wildman–Crippen MR) is 118 cm³/mol. The topological polar surface area (TPSA) is 19.0 Å². The molecule has 0 amide bonds. The molecule has 1 aliphatic heterocycles. The Morgan fingerprint density at radius 2 is 2.00 bits per heavy atom. The highest BCUT2D eigenvalue weighted by Crippen LogP contribution is 2.45. The third kappa shape index (κ3) is 3.37. The summed E-state index contributed by atoms with van der Waals surface area (Å²) in [5.41, 5.74) is 5.08. The number of fused-ring (bicyclic) bond motifs is 3. The molecule has 3 aromatic rings. The van der Waals surface area contributed by atoms with Crippen molar-refractivity contribution in [3.8, 4) is 0 Å². The van der Waals surface area contributed by atoms with Gasteiger partial charge >= 0.3 is 0 Å². The zero-order chi connectivity index (χ0) is 19.7. The molecule has 0 bridgehead atoms. The van der Waals surface area contributed by atoms with Gasteiger partial charge in [-0.3, -0.25) is 4.90 Å². The van der Waals surface area contributed by atoms with Crippen molar-refractivity contribution in [2.24, 2.45) is 0 Å². The number of hydrogen-bond acceptors (Lipinski definition) is 2. The number of aromatic nitrogens is 1. The molecule has 2 aromatic carbocycles. The van der Waals surface area contributed by atoms with Crippen LogP contribution in [0.2, 0.25) is 0 Å². The molecule has 0 fully saturated rings. The van der Waals surface area contributed by atoms with Crippen LogP contribution >= 0.6 is 11.8 Å². The van der Waals surface area contributed by atoms with Crippen molar-refractivity contribution >= 4 is 22.7 Å². The summed E-state index contributed by atoms with van der Waals surface area (Å²) < 4.78 is 14.0. The summed E-state index contributed by atoms with van der Waals surface area (Å²) in [6, 6.07) is 15.8. The van der Waals surface area contributed by atoms with E-state index in [4.69, 9.17) is 0 Å². The molecule has 1 aliphatic rings. The predicted octanol–water partition coefficient (Wildman–Crippen LogP) is 6.28. The van der Waals surface area contributed by atoms with Gasteiger partial charge in [0.05, 0.1) is 0 Å².